The molecule has 2 amide bonds. The SMILES string of the molecule is CCOC(=O)C1=C(CN(C)Cc2ccccc2F)NC(=O)NC1c1ccco1. The molecule has 0 fully saturated rings. The summed E-state index contributed by atoms with van der Waals surface area (Å²) >= 11 is 0. The summed E-state index contributed by atoms with van der Waals surface area (Å²) in [5, 5.41) is 5.37. The Morgan fingerprint density at radius 1 is 1.25 bits per heavy atom. The number of urea groups is 1. The first-order valence-corrected chi connectivity index (χ1v) is 8.92. The second-order valence-corrected chi connectivity index (χ2v) is 6.42. The van der Waals surface area contributed by atoms with E-state index in [4.69, 9.17) is 9.15 Å². The monoisotopic (exact) mass is 387 g/mol. The standard InChI is InChI=1S/C20H22FN3O4/c1-3-27-19(25)17-15(12-24(2)11-13-7-4-5-8-14(13)21)22-20(26)23-18(17)16-9-6-10-28-16/h4-10,18H,3,11-12H2,1-2H3,(H2,22,23,26). The number of hydrogen-bond donors (Lipinski definition) is 2. The lowest BCUT2D eigenvalue weighted by Crippen LogP contribution is -2.48. The number of rotatable bonds is 7. The average Bonchev–Trinajstić information content (AvgIpc) is 3.18. The summed E-state index contributed by atoms with van der Waals surface area (Å²) in [6.07, 6.45) is 1.47. The molecule has 2 heterocycles. The lowest BCUT2D eigenvalue weighted by atomic mass is 10.00. The number of likely N-dealkylation sites (N-methyl/N-ethyl adjacent to an activating group) is 1. The third-order valence-corrected chi connectivity index (χ3v) is 4.30. The van der Waals surface area contributed by atoms with Crippen LogP contribution in [-0.2, 0) is 16.1 Å². The number of amides is 2. The Labute approximate surface area is 162 Å². The minimum Gasteiger partial charge on any atom is -0.467 e. The van der Waals surface area contributed by atoms with E-state index in [1.165, 1.54) is 12.3 Å². The minimum atomic E-state index is -0.764. The molecule has 0 spiro atoms. The molecule has 1 aromatic carbocycles. The lowest BCUT2D eigenvalue weighted by molar-refractivity contribution is -0.139. The smallest absolute Gasteiger partial charge is 0.338 e. The molecule has 0 bridgehead atoms. The van der Waals surface area contributed by atoms with Crippen LogP contribution >= 0.6 is 0 Å². The molecule has 28 heavy (non-hydrogen) atoms. The molecule has 1 aliphatic heterocycles. The number of furan rings is 1. The number of hydrogen-bond acceptors (Lipinski definition) is 5. The molecule has 1 aliphatic rings. The largest absolute Gasteiger partial charge is 0.467 e. The number of nitrogens with one attached hydrogen (secondary N) is 2. The van der Waals surface area contributed by atoms with Gasteiger partial charge in [-0.3, -0.25) is 4.90 Å². The summed E-state index contributed by atoms with van der Waals surface area (Å²) < 4.78 is 24.5. The maximum absolute atomic E-state index is 13.9. The first-order chi connectivity index (χ1) is 13.5. The third-order valence-electron chi connectivity index (χ3n) is 4.30. The van der Waals surface area contributed by atoms with Crippen molar-refractivity contribution in [3.05, 3.63) is 71.1 Å². The molecule has 7 nitrogen and oxygen atoms in total. The quantitative estimate of drug-likeness (QED) is 0.714. The number of ether oxygens (including phenoxy) is 1. The highest BCUT2D eigenvalue weighted by Gasteiger charge is 2.35. The van der Waals surface area contributed by atoms with Gasteiger partial charge in [0.15, 0.2) is 0 Å². The van der Waals surface area contributed by atoms with Crippen molar-refractivity contribution in [2.75, 3.05) is 20.2 Å². The molecule has 2 aromatic rings. The van der Waals surface area contributed by atoms with Crippen molar-refractivity contribution in [2.24, 2.45) is 0 Å². The van der Waals surface area contributed by atoms with Gasteiger partial charge >= 0.3 is 12.0 Å². The van der Waals surface area contributed by atoms with Crippen molar-refractivity contribution >= 4 is 12.0 Å². The molecule has 1 unspecified atom stereocenters. The van der Waals surface area contributed by atoms with Crippen LogP contribution in [-0.4, -0.2) is 37.1 Å². The predicted molar refractivity (Wildman–Crippen MR) is 99.5 cm³/mol. The zero-order valence-corrected chi connectivity index (χ0v) is 15.7. The molecule has 0 saturated heterocycles. The Morgan fingerprint density at radius 2 is 2.04 bits per heavy atom. The molecule has 3 rings (SSSR count). The number of halogens is 1. The van der Waals surface area contributed by atoms with Crippen molar-refractivity contribution in [3.8, 4) is 0 Å². The molecular formula is C20H22FN3O4. The van der Waals surface area contributed by atoms with Crippen LogP contribution in [0.1, 0.15) is 24.3 Å². The summed E-state index contributed by atoms with van der Waals surface area (Å²) in [5.41, 5.74) is 1.17. The summed E-state index contributed by atoms with van der Waals surface area (Å²) in [4.78, 5) is 26.6. The fraction of sp³-hybridized carbons (Fsp3) is 0.300. The molecular weight excluding hydrogens is 365 g/mol. The van der Waals surface area contributed by atoms with Crippen molar-refractivity contribution in [1.82, 2.24) is 15.5 Å². The van der Waals surface area contributed by atoms with Gasteiger partial charge in [0.2, 0.25) is 0 Å². The molecule has 2 N–H and O–H groups in total. The highest BCUT2D eigenvalue weighted by molar-refractivity contribution is 5.95. The number of carbonyl (C=O) groups excluding carboxylic acids is 2. The van der Waals surface area contributed by atoms with Crippen LogP contribution in [0.2, 0.25) is 0 Å². The van der Waals surface area contributed by atoms with Crippen LogP contribution in [0.4, 0.5) is 9.18 Å². The zero-order valence-electron chi connectivity index (χ0n) is 15.7. The van der Waals surface area contributed by atoms with Gasteiger partial charge < -0.3 is 19.8 Å². The summed E-state index contributed by atoms with van der Waals surface area (Å²) in [5.74, 6) is -0.436. The first kappa shape index (κ1) is 19.6. The van der Waals surface area contributed by atoms with Crippen LogP contribution in [0.3, 0.4) is 0 Å². The number of benzene rings is 1. The van der Waals surface area contributed by atoms with Gasteiger partial charge in [0.25, 0.3) is 0 Å². The van der Waals surface area contributed by atoms with Crippen molar-refractivity contribution in [1.29, 1.82) is 0 Å². The van der Waals surface area contributed by atoms with E-state index in [-0.39, 0.29) is 24.5 Å². The van der Waals surface area contributed by atoms with E-state index in [1.54, 1.807) is 49.2 Å². The molecule has 0 radical (unpaired) electrons. The Morgan fingerprint density at radius 3 is 2.71 bits per heavy atom. The minimum absolute atomic E-state index is 0.194. The molecule has 148 valence electrons. The third kappa shape index (κ3) is 4.40. The van der Waals surface area contributed by atoms with Crippen LogP contribution in [0, 0.1) is 5.82 Å². The molecule has 8 heteroatoms. The topological polar surface area (TPSA) is 83.8 Å². The molecule has 1 atom stereocenters. The maximum atomic E-state index is 13.9. The fourth-order valence-corrected chi connectivity index (χ4v) is 3.10. The predicted octanol–water partition coefficient (Wildman–Crippen LogP) is 2.72. The van der Waals surface area contributed by atoms with E-state index < -0.39 is 18.0 Å². The van der Waals surface area contributed by atoms with E-state index in [2.05, 4.69) is 10.6 Å². The van der Waals surface area contributed by atoms with E-state index >= 15 is 0 Å². The Bertz CT molecular complexity index is 879. The summed E-state index contributed by atoms with van der Waals surface area (Å²) in [6, 6.07) is 8.61. The second kappa shape index (κ2) is 8.71. The van der Waals surface area contributed by atoms with Gasteiger partial charge in [-0.25, -0.2) is 14.0 Å². The number of nitrogens with zero attached hydrogens (tertiary/aromatic N) is 1. The van der Waals surface area contributed by atoms with E-state index in [0.717, 1.165) is 0 Å². The summed E-state index contributed by atoms with van der Waals surface area (Å²) in [7, 11) is 1.78. The molecule has 0 saturated carbocycles. The van der Waals surface area contributed by atoms with E-state index in [9.17, 15) is 14.0 Å². The van der Waals surface area contributed by atoms with Crippen molar-refractivity contribution in [2.45, 2.75) is 19.5 Å². The zero-order chi connectivity index (χ0) is 20.1. The maximum Gasteiger partial charge on any atom is 0.338 e. The van der Waals surface area contributed by atoms with Gasteiger partial charge in [0.05, 0.1) is 18.4 Å². The number of carbonyl (C=O) groups is 2. The Hall–Kier alpha value is -3.13. The van der Waals surface area contributed by atoms with E-state index in [0.29, 0.717) is 23.6 Å². The van der Waals surface area contributed by atoms with E-state index in [1.807, 2.05) is 0 Å². The van der Waals surface area contributed by atoms with Gasteiger partial charge in [0, 0.05) is 24.4 Å². The summed E-state index contributed by atoms with van der Waals surface area (Å²) in [6.45, 7) is 2.42. The van der Waals surface area contributed by atoms with Gasteiger partial charge in [-0.2, -0.15) is 0 Å². The van der Waals surface area contributed by atoms with Crippen molar-refractivity contribution in [3.63, 3.8) is 0 Å². The highest BCUT2D eigenvalue weighted by Crippen LogP contribution is 2.28. The van der Waals surface area contributed by atoms with Crippen LogP contribution in [0.25, 0.3) is 0 Å². The number of esters is 1. The average molecular weight is 387 g/mol. The van der Waals surface area contributed by atoms with Gasteiger partial charge in [-0.1, -0.05) is 18.2 Å². The lowest BCUT2D eigenvalue weighted by Gasteiger charge is -2.30. The Balaban J connectivity index is 1.90. The molecule has 0 aliphatic carbocycles. The molecule has 1 aromatic heterocycles. The van der Waals surface area contributed by atoms with Gasteiger partial charge in [-0.15, -0.1) is 0 Å². The highest BCUT2D eigenvalue weighted by atomic mass is 19.1. The normalized spacial score (nSPS) is 16.7. The van der Waals surface area contributed by atoms with Crippen LogP contribution < -0.4 is 10.6 Å². The van der Waals surface area contributed by atoms with Crippen LogP contribution in [0.15, 0.2) is 58.3 Å². The van der Waals surface area contributed by atoms with Crippen molar-refractivity contribution < 1.29 is 23.1 Å². The second-order valence-electron chi connectivity index (χ2n) is 6.42. The fourth-order valence-electron chi connectivity index (χ4n) is 3.10. The first-order valence-electron chi connectivity index (χ1n) is 8.92. The van der Waals surface area contributed by atoms with Gasteiger partial charge in [0.1, 0.15) is 17.6 Å². The van der Waals surface area contributed by atoms with Gasteiger partial charge in [-0.05, 0) is 32.2 Å². The van der Waals surface area contributed by atoms with Crippen LogP contribution in [0.5, 0.6) is 0 Å². The Kier molecular flexibility index (Phi) is 6.10.